The van der Waals surface area contributed by atoms with E-state index in [9.17, 15) is 0 Å². The number of halogens is 1. The number of thiazole rings is 1. The Balaban J connectivity index is 0.00000225. The van der Waals surface area contributed by atoms with Gasteiger partial charge in [0, 0.05) is 12.5 Å². The summed E-state index contributed by atoms with van der Waals surface area (Å²) in [7, 11) is 0. The van der Waals surface area contributed by atoms with Gasteiger partial charge in [-0.05, 0) is 24.1 Å². The zero-order valence-corrected chi connectivity index (χ0v) is 17.9. The highest BCUT2D eigenvalue weighted by molar-refractivity contribution is 7.18. The van der Waals surface area contributed by atoms with Crippen LogP contribution in [0.5, 0.6) is 0 Å². The van der Waals surface area contributed by atoms with E-state index < -0.39 is 0 Å². The second-order valence-corrected chi connectivity index (χ2v) is 7.29. The van der Waals surface area contributed by atoms with E-state index >= 15 is 0 Å². The molecule has 3 rings (SSSR count). The monoisotopic (exact) mass is 463 g/mol. The second-order valence-electron chi connectivity index (χ2n) is 6.23. The Bertz CT molecular complexity index is 808. The average molecular weight is 463 g/mol. The molecule has 0 saturated carbocycles. The lowest BCUT2D eigenvalue weighted by molar-refractivity contribution is -0.669. The third kappa shape index (κ3) is 4.70. The fraction of sp³-hybridized carbons (Fsp3) is 0.318. The lowest BCUT2D eigenvalue weighted by Crippen LogP contribution is -3.00. The summed E-state index contributed by atoms with van der Waals surface area (Å²) in [5.41, 5.74) is 3.97. The molecule has 0 radical (unpaired) electrons. The second kappa shape index (κ2) is 10.1. The molecule has 1 nitrogen and oxygen atoms in total. The standard InChI is InChI=1S/C22H26NS.HI/c1-3-5-6-7-11-17-23-21(4-2)24-20-16-12-15-19(22(20)23)18-13-9-8-10-14-18;/h4,8-10,12-16H,2-3,5-7,11,17H2,1H3;1H/q+1;/p-1. The molecule has 0 aliphatic carbocycles. The van der Waals surface area contributed by atoms with Crippen molar-refractivity contribution in [1.82, 2.24) is 0 Å². The van der Waals surface area contributed by atoms with Crippen LogP contribution < -0.4 is 28.5 Å². The molecule has 0 aliphatic heterocycles. The van der Waals surface area contributed by atoms with Crippen LogP contribution in [0.2, 0.25) is 0 Å². The lowest BCUT2D eigenvalue weighted by atomic mass is 10.0. The summed E-state index contributed by atoms with van der Waals surface area (Å²) in [5.74, 6) is 0. The number of para-hydroxylation sites is 1. The maximum atomic E-state index is 4.04. The van der Waals surface area contributed by atoms with E-state index in [0.29, 0.717) is 0 Å². The first-order valence-electron chi connectivity index (χ1n) is 8.98. The first-order chi connectivity index (χ1) is 11.8. The predicted molar refractivity (Wildman–Crippen MR) is 106 cm³/mol. The third-order valence-corrected chi connectivity index (χ3v) is 5.64. The van der Waals surface area contributed by atoms with Gasteiger partial charge in [0.25, 0.3) is 5.01 Å². The minimum absolute atomic E-state index is 0. The third-order valence-electron chi connectivity index (χ3n) is 4.49. The van der Waals surface area contributed by atoms with Crippen molar-refractivity contribution in [3.05, 3.63) is 60.1 Å². The summed E-state index contributed by atoms with van der Waals surface area (Å²) < 4.78 is 3.82. The number of nitrogens with zero attached hydrogens (tertiary/aromatic N) is 1. The van der Waals surface area contributed by atoms with Crippen molar-refractivity contribution >= 4 is 27.6 Å². The van der Waals surface area contributed by atoms with Gasteiger partial charge in [-0.25, -0.2) is 0 Å². The zero-order chi connectivity index (χ0) is 16.8. The molecule has 1 aromatic heterocycles. The molecule has 0 saturated heterocycles. The summed E-state index contributed by atoms with van der Waals surface area (Å²) in [4.78, 5) is 0. The van der Waals surface area contributed by atoms with Gasteiger partial charge in [0.1, 0.15) is 4.70 Å². The van der Waals surface area contributed by atoms with E-state index in [4.69, 9.17) is 0 Å². The molecule has 0 amide bonds. The topological polar surface area (TPSA) is 3.88 Å². The van der Waals surface area contributed by atoms with Crippen LogP contribution in [0, 0.1) is 0 Å². The van der Waals surface area contributed by atoms with Crippen molar-refractivity contribution in [3.8, 4) is 11.1 Å². The highest BCUT2D eigenvalue weighted by Crippen LogP contribution is 2.31. The fourth-order valence-electron chi connectivity index (χ4n) is 3.26. The van der Waals surface area contributed by atoms with Crippen molar-refractivity contribution in [1.29, 1.82) is 0 Å². The molecule has 3 heteroatoms. The van der Waals surface area contributed by atoms with Crippen molar-refractivity contribution in [2.24, 2.45) is 0 Å². The van der Waals surface area contributed by atoms with Crippen molar-refractivity contribution in [2.45, 2.75) is 45.6 Å². The fourth-order valence-corrected chi connectivity index (χ4v) is 4.32. The molecule has 2 aromatic carbocycles. The minimum atomic E-state index is 0. The van der Waals surface area contributed by atoms with Gasteiger partial charge in [0.05, 0.1) is 5.56 Å². The maximum absolute atomic E-state index is 4.04. The molecule has 0 bridgehead atoms. The van der Waals surface area contributed by atoms with Gasteiger partial charge < -0.3 is 24.0 Å². The molecule has 0 atom stereocenters. The molecule has 0 N–H and O–H groups in total. The Hall–Kier alpha value is -1.20. The zero-order valence-electron chi connectivity index (χ0n) is 14.9. The molecule has 0 unspecified atom stereocenters. The number of fused-ring (bicyclic) bond motifs is 1. The van der Waals surface area contributed by atoms with E-state index in [1.165, 1.54) is 58.5 Å². The Morgan fingerprint density at radius 3 is 2.44 bits per heavy atom. The van der Waals surface area contributed by atoms with Crippen LogP contribution in [0.15, 0.2) is 55.1 Å². The van der Waals surface area contributed by atoms with Crippen molar-refractivity contribution in [2.75, 3.05) is 0 Å². The van der Waals surface area contributed by atoms with Crippen molar-refractivity contribution < 1.29 is 28.5 Å². The molecule has 1 heterocycles. The van der Waals surface area contributed by atoms with Crippen LogP contribution >= 0.6 is 11.3 Å². The molecule has 132 valence electrons. The predicted octanol–water partition coefficient (Wildman–Crippen LogP) is 3.47. The highest BCUT2D eigenvalue weighted by Gasteiger charge is 2.21. The van der Waals surface area contributed by atoms with Gasteiger partial charge in [0.2, 0.25) is 5.52 Å². The molecular formula is C22H26INS. The van der Waals surface area contributed by atoms with Crippen LogP contribution in [0.1, 0.15) is 44.0 Å². The Morgan fingerprint density at radius 2 is 1.72 bits per heavy atom. The molecule has 0 spiro atoms. The SMILES string of the molecule is C=Cc1sc2cccc(-c3ccccc3)c2[n+]1CCCCCCC.[I-]. The molecular weight excluding hydrogens is 437 g/mol. The molecule has 0 fully saturated rings. The highest BCUT2D eigenvalue weighted by atomic mass is 127. The number of hydrogen-bond donors (Lipinski definition) is 0. The van der Waals surface area contributed by atoms with E-state index in [0.717, 1.165) is 6.54 Å². The van der Waals surface area contributed by atoms with Crippen LogP contribution in [0.4, 0.5) is 0 Å². The van der Waals surface area contributed by atoms with Gasteiger partial charge >= 0.3 is 0 Å². The van der Waals surface area contributed by atoms with Gasteiger partial charge in [-0.3, -0.25) is 0 Å². The van der Waals surface area contributed by atoms with Crippen LogP contribution in [-0.2, 0) is 6.54 Å². The molecule has 25 heavy (non-hydrogen) atoms. The van der Waals surface area contributed by atoms with E-state index in [1.54, 1.807) is 0 Å². The largest absolute Gasteiger partial charge is 1.00 e. The number of unbranched alkanes of at least 4 members (excludes halogenated alkanes) is 4. The lowest BCUT2D eigenvalue weighted by Gasteiger charge is -2.03. The van der Waals surface area contributed by atoms with Gasteiger partial charge in [0.15, 0.2) is 6.54 Å². The van der Waals surface area contributed by atoms with Crippen LogP contribution in [0.25, 0.3) is 27.4 Å². The van der Waals surface area contributed by atoms with Crippen molar-refractivity contribution in [3.63, 3.8) is 0 Å². The van der Waals surface area contributed by atoms with Crippen LogP contribution in [-0.4, -0.2) is 0 Å². The Morgan fingerprint density at radius 1 is 0.960 bits per heavy atom. The summed E-state index contributed by atoms with van der Waals surface area (Å²) in [5, 5.41) is 1.27. The summed E-state index contributed by atoms with van der Waals surface area (Å²) in [6, 6.07) is 17.3. The molecule has 0 aliphatic rings. The van der Waals surface area contributed by atoms with E-state index in [-0.39, 0.29) is 24.0 Å². The number of aryl methyl sites for hydroxylation is 1. The van der Waals surface area contributed by atoms with E-state index in [2.05, 4.69) is 66.6 Å². The molecule has 3 aromatic rings. The smallest absolute Gasteiger partial charge is 0.262 e. The van der Waals surface area contributed by atoms with Gasteiger partial charge in [-0.1, -0.05) is 80.5 Å². The Labute approximate surface area is 172 Å². The number of hydrogen-bond acceptors (Lipinski definition) is 1. The summed E-state index contributed by atoms with van der Waals surface area (Å²) >= 11 is 1.85. The van der Waals surface area contributed by atoms with Gasteiger partial charge in [-0.15, -0.1) is 0 Å². The summed E-state index contributed by atoms with van der Waals surface area (Å²) in [6.07, 6.45) is 8.53. The number of aromatic nitrogens is 1. The van der Waals surface area contributed by atoms with Crippen LogP contribution in [0.3, 0.4) is 0 Å². The minimum Gasteiger partial charge on any atom is -1.00 e. The maximum Gasteiger partial charge on any atom is 0.262 e. The average Bonchev–Trinajstić information content (AvgIpc) is 3.00. The number of benzene rings is 2. The summed E-state index contributed by atoms with van der Waals surface area (Å²) in [6.45, 7) is 7.38. The quantitative estimate of drug-likeness (QED) is 0.274. The normalized spacial score (nSPS) is 10.6. The number of rotatable bonds is 8. The van der Waals surface area contributed by atoms with E-state index in [1.807, 2.05) is 17.4 Å². The Kier molecular flexibility index (Phi) is 8.10. The first-order valence-corrected chi connectivity index (χ1v) is 9.80. The first kappa shape index (κ1) is 20.1. The van der Waals surface area contributed by atoms with Gasteiger partial charge in [-0.2, -0.15) is 4.57 Å².